The van der Waals surface area contributed by atoms with E-state index in [1.54, 1.807) is 11.9 Å². The van der Waals surface area contributed by atoms with Crippen LogP contribution in [-0.4, -0.2) is 117 Å². The summed E-state index contributed by atoms with van der Waals surface area (Å²) in [6.07, 6.45) is -4.59. The molecule has 0 aromatic carbocycles. The summed E-state index contributed by atoms with van der Waals surface area (Å²) in [7, 11) is 2.91. The molecule has 4 heterocycles. The van der Waals surface area contributed by atoms with E-state index < -0.39 is 72.2 Å². The number of carbonyl (C=O) groups excluding carboxylic acids is 1. The van der Waals surface area contributed by atoms with Gasteiger partial charge in [0.2, 0.25) is 5.91 Å². The Labute approximate surface area is 210 Å². The van der Waals surface area contributed by atoms with Gasteiger partial charge >= 0.3 is 11.7 Å². The maximum Gasteiger partial charge on any atom is 0.352 e. The molecule has 0 spiro atoms. The van der Waals surface area contributed by atoms with Gasteiger partial charge in [-0.05, 0) is 13.1 Å². The van der Waals surface area contributed by atoms with Crippen molar-refractivity contribution in [2.45, 2.75) is 61.9 Å². The summed E-state index contributed by atoms with van der Waals surface area (Å²) in [6, 6.07) is -0.00277. The number of nitrogens with zero attached hydrogens (tertiary/aromatic N) is 3. The molecule has 37 heavy (non-hydrogen) atoms. The normalized spacial score (nSPS) is 33.9. The SMILES string of the molecule is CN1C(=O)C(C(OC2CC(O)C(CN)O2)C2OC(n3ccc(=O)[nH]c3=O)CC2O)N(C)CC=C1C(=O)O. The second-order valence-electron chi connectivity index (χ2n) is 9.30. The Hall–Kier alpha value is -2.92. The van der Waals surface area contributed by atoms with Gasteiger partial charge in [0.15, 0.2) is 6.29 Å². The highest BCUT2D eigenvalue weighted by molar-refractivity contribution is 5.95. The Morgan fingerprint density at radius 2 is 1.95 bits per heavy atom. The lowest BCUT2D eigenvalue weighted by Crippen LogP contribution is -2.58. The fraction of sp³-hybridized carbons (Fsp3) is 0.636. The van der Waals surface area contributed by atoms with E-state index in [0.717, 1.165) is 15.5 Å². The number of ether oxygens (including phenoxy) is 3. The summed E-state index contributed by atoms with van der Waals surface area (Å²) in [5.74, 6) is -1.92. The Kier molecular flexibility index (Phi) is 7.94. The molecule has 15 heteroatoms. The topological polar surface area (TPSA) is 210 Å². The summed E-state index contributed by atoms with van der Waals surface area (Å²) in [5.41, 5.74) is 4.08. The molecule has 8 atom stereocenters. The lowest BCUT2D eigenvalue weighted by molar-refractivity contribution is -0.215. The third kappa shape index (κ3) is 5.38. The van der Waals surface area contributed by atoms with E-state index in [1.807, 2.05) is 0 Å². The van der Waals surface area contributed by atoms with E-state index in [0.29, 0.717) is 0 Å². The Morgan fingerprint density at radius 3 is 2.57 bits per heavy atom. The molecule has 4 rings (SSSR count). The fourth-order valence-corrected chi connectivity index (χ4v) is 4.90. The average Bonchev–Trinajstić information content (AvgIpc) is 3.36. The molecule has 6 N–H and O–H groups in total. The summed E-state index contributed by atoms with van der Waals surface area (Å²) in [6.45, 7) is 0.0930. The highest BCUT2D eigenvalue weighted by Crippen LogP contribution is 2.35. The maximum atomic E-state index is 13.5. The van der Waals surface area contributed by atoms with Gasteiger partial charge in [0, 0.05) is 45.2 Å². The third-order valence-electron chi connectivity index (χ3n) is 6.88. The minimum absolute atomic E-state index is 0.0301. The molecular formula is C22H31N5O10. The molecule has 0 aliphatic carbocycles. The quantitative estimate of drug-likeness (QED) is 0.238. The lowest BCUT2D eigenvalue weighted by Gasteiger charge is -2.38. The van der Waals surface area contributed by atoms with E-state index in [9.17, 15) is 34.5 Å². The number of carboxylic acid groups (broad SMARTS) is 1. The van der Waals surface area contributed by atoms with Crippen LogP contribution in [0.2, 0.25) is 0 Å². The average molecular weight is 526 g/mol. The van der Waals surface area contributed by atoms with Crippen molar-refractivity contribution in [3.63, 3.8) is 0 Å². The number of hydrogen-bond acceptors (Lipinski definition) is 11. The number of nitrogens with one attached hydrogen (secondary N) is 1. The first-order valence-electron chi connectivity index (χ1n) is 11.8. The number of likely N-dealkylation sites (N-methyl/N-ethyl adjacent to an activating group) is 2. The number of aromatic amines is 1. The predicted molar refractivity (Wildman–Crippen MR) is 124 cm³/mol. The number of aromatic nitrogens is 2. The molecule has 8 unspecified atom stereocenters. The highest BCUT2D eigenvalue weighted by Gasteiger charge is 2.50. The number of aliphatic hydroxyl groups is 2. The minimum Gasteiger partial charge on any atom is -0.477 e. The molecule has 2 saturated heterocycles. The van der Waals surface area contributed by atoms with E-state index in [2.05, 4.69) is 4.98 Å². The van der Waals surface area contributed by atoms with Crippen LogP contribution in [0.25, 0.3) is 0 Å². The van der Waals surface area contributed by atoms with Crippen molar-refractivity contribution in [3.8, 4) is 0 Å². The zero-order valence-corrected chi connectivity index (χ0v) is 20.3. The molecule has 3 aliphatic heterocycles. The molecule has 2 fully saturated rings. The first kappa shape index (κ1) is 27.1. The van der Waals surface area contributed by atoms with Crippen LogP contribution >= 0.6 is 0 Å². The third-order valence-corrected chi connectivity index (χ3v) is 6.88. The summed E-state index contributed by atoms with van der Waals surface area (Å²) in [4.78, 5) is 53.7. The van der Waals surface area contributed by atoms with Crippen LogP contribution in [-0.2, 0) is 23.8 Å². The Morgan fingerprint density at radius 1 is 1.22 bits per heavy atom. The van der Waals surface area contributed by atoms with Gasteiger partial charge < -0.3 is 40.2 Å². The maximum absolute atomic E-state index is 13.5. The van der Waals surface area contributed by atoms with Crippen LogP contribution in [0.15, 0.2) is 33.6 Å². The number of aliphatic hydroxyl groups excluding tert-OH is 2. The molecule has 1 aromatic heterocycles. The van der Waals surface area contributed by atoms with Crippen LogP contribution in [0, 0.1) is 0 Å². The van der Waals surface area contributed by atoms with Crippen LogP contribution in [0.5, 0.6) is 0 Å². The minimum atomic E-state index is -1.29. The number of amides is 1. The van der Waals surface area contributed by atoms with Crippen molar-refractivity contribution >= 4 is 11.9 Å². The van der Waals surface area contributed by atoms with Crippen molar-refractivity contribution in [2.75, 3.05) is 27.2 Å². The van der Waals surface area contributed by atoms with Gasteiger partial charge in [-0.2, -0.15) is 0 Å². The van der Waals surface area contributed by atoms with E-state index in [4.69, 9.17) is 19.9 Å². The van der Waals surface area contributed by atoms with Crippen LogP contribution in [0.4, 0.5) is 0 Å². The monoisotopic (exact) mass is 525 g/mol. The summed E-state index contributed by atoms with van der Waals surface area (Å²) < 4.78 is 19.0. The van der Waals surface area contributed by atoms with Crippen LogP contribution in [0.3, 0.4) is 0 Å². The molecule has 0 saturated carbocycles. The largest absolute Gasteiger partial charge is 0.477 e. The number of aliphatic carboxylic acids is 1. The Bertz CT molecular complexity index is 1170. The molecule has 3 aliphatic rings. The van der Waals surface area contributed by atoms with E-state index in [-0.39, 0.29) is 31.6 Å². The zero-order valence-electron chi connectivity index (χ0n) is 20.3. The first-order valence-corrected chi connectivity index (χ1v) is 11.8. The van der Waals surface area contributed by atoms with Gasteiger partial charge in [-0.1, -0.05) is 0 Å². The van der Waals surface area contributed by atoms with Crippen LogP contribution < -0.4 is 17.0 Å². The summed E-state index contributed by atoms with van der Waals surface area (Å²) >= 11 is 0. The molecule has 15 nitrogen and oxygen atoms in total. The second-order valence-corrected chi connectivity index (χ2v) is 9.30. The molecule has 1 aromatic rings. The van der Waals surface area contributed by atoms with Crippen molar-refractivity contribution in [1.82, 2.24) is 19.4 Å². The number of carboxylic acids is 1. The number of rotatable bonds is 7. The smallest absolute Gasteiger partial charge is 0.352 e. The van der Waals surface area contributed by atoms with Gasteiger partial charge in [0.1, 0.15) is 30.2 Å². The fourth-order valence-electron chi connectivity index (χ4n) is 4.90. The van der Waals surface area contributed by atoms with E-state index in [1.165, 1.54) is 19.3 Å². The van der Waals surface area contributed by atoms with E-state index >= 15 is 0 Å². The number of H-pyrrole nitrogens is 1. The van der Waals surface area contributed by atoms with Gasteiger partial charge in [-0.3, -0.25) is 24.0 Å². The number of hydrogen-bond donors (Lipinski definition) is 5. The summed E-state index contributed by atoms with van der Waals surface area (Å²) in [5, 5.41) is 30.8. The number of nitrogens with two attached hydrogens (primary N) is 1. The van der Waals surface area contributed by atoms with Gasteiger partial charge in [0.25, 0.3) is 5.56 Å². The predicted octanol–water partition coefficient (Wildman–Crippen LogP) is -3.25. The lowest BCUT2D eigenvalue weighted by atomic mass is 9.98. The molecular weight excluding hydrogens is 494 g/mol. The van der Waals surface area contributed by atoms with Gasteiger partial charge in [-0.15, -0.1) is 0 Å². The van der Waals surface area contributed by atoms with Crippen molar-refractivity contribution in [2.24, 2.45) is 5.73 Å². The molecule has 0 bridgehead atoms. The molecule has 204 valence electrons. The van der Waals surface area contributed by atoms with Gasteiger partial charge in [-0.25, -0.2) is 9.59 Å². The Balaban J connectivity index is 1.67. The van der Waals surface area contributed by atoms with Crippen LogP contribution in [0.1, 0.15) is 19.1 Å². The molecule has 0 radical (unpaired) electrons. The highest BCUT2D eigenvalue weighted by atomic mass is 16.7. The number of carbonyl (C=O) groups is 2. The first-order chi connectivity index (χ1) is 17.5. The van der Waals surface area contributed by atoms with Crippen molar-refractivity contribution in [1.29, 1.82) is 0 Å². The zero-order chi connectivity index (χ0) is 27.0. The second kappa shape index (κ2) is 10.8. The van der Waals surface area contributed by atoms with Gasteiger partial charge in [0.05, 0.1) is 18.3 Å². The van der Waals surface area contributed by atoms with Crippen molar-refractivity contribution in [3.05, 3.63) is 44.9 Å². The standard InChI is InChI=1S/C22H31N5O10/c1-25-5-3-10(21(32)33)26(2)20(31)17(25)19(37-16-8-11(28)13(9-23)35-16)18-12(29)7-15(36-18)27-6-4-14(30)24-22(27)34/h3-4,6,11-13,15-19,28-29H,5,7-9,23H2,1-2H3,(H,32,33)(H,24,30,34). The molecule has 1 amide bonds. The van der Waals surface area contributed by atoms with Crippen molar-refractivity contribution < 1.29 is 39.1 Å².